The minimum absolute atomic E-state index is 1.01. The molecule has 0 radical (unpaired) electrons. The molecular weight excluding hydrogens is 675 g/mol. The van der Waals surface area contributed by atoms with E-state index in [-0.39, 0.29) is 0 Å². The van der Waals surface area contributed by atoms with E-state index >= 15 is 0 Å². The van der Waals surface area contributed by atoms with E-state index in [1.807, 2.05) is 0 Å². The zero-order valence-electron chi connectivity index (χ0n) is 30.9. The van der Waals surface area contributed by atoms with Gasteiger partial charge in [-0.3, -0.25) is 0 Å². The van der Waals surface area contributed by atoms with Crippen molar-refractivity contribution in [3.63, 3.8) is 0 Å². The predicted octanol–water partition coefficient (Wildman–Crippen LogP) is 14.7. The highest BCUT2D eigenvalue weighted by Crippen LogP contribution is 2.42. The second kappa shape index (κ2) is 13.3. The van der Waals surface area contributed by atoms with E-state index < -0.39 is 0 Å². The van der Waals surface area contributed by atoms with Gasteiger partial charge >= 0.3 is 0 Å². The lowest BCUT2D eigenvalue weighted by molar-refractivity contribution is 1.18. The van der Waals surface area contributed by atoms with Crippen LogP contribution >= 0.6 is 0 Å². The Hall–Kier alpha value is -7.22. The van der Waals surface area contributed by atoms with Crippen molar-refractivity contribution in [3.05, 3.63) is 223 Å². The molecule has 0 N–H and O–H groups in total. The fourth-order valence-corrected chi connectivity index (χ4v) is 8.95. The fraction of sp³-hybridized carbons (Fsp3) is 0.0182. The number of hydrogen-bond acceptors (Lipinski definition) is 0. The zero-order chi connectivity index (χ0) is 37.0. The van der Waals surface area contributed by atoms with Crippen molar-refractivity contribution < 1.29 is 0 Å². The third-order valence-electron chi connectivity index (χ3n) is 11.7. The van der Waals surface area contributed by atoms with Gasteiger partial charge in [-0.25, -0.2) is 0 Å². The highest BCUT2D eigenvalue weighted by Gasteiger charge is 2.20. The van der Waals surface area contributed by atoms with Crippen molar-refractivity contribution in [2.45, 2.75) is 6.42 Å². The molecule has 0 spiro atoms. The van der Waals surface area contributed by atoms with E-state index in [9.17, 15) is 0 Å². The molecule has 9 aromatic carbocycles. The lowest BCUT2D eigenvalue weighted by atomic mass is 9.92. The van der Waals surface area contributed by atoms with E-state index in [0.29, 0.717) is 0 Å². The molecule has 1 heterocycles. The summed E-state index contributed by atoms with van der Waals surface area (Å²) in [5, 5.41) is 2.47. The molecule has 0 aliphatic heterocycles. The topological polar surface area (TPSA) is 4.93 Å². The molecule has 0 atom stereocenters. The molecule has 11 rings (SSSR count). The molecule has 0 saturated carbocycles. The van der Waals surface area contributed by atoms with Crippen molar-refractivity contribution >= 4 is 21.8 Å². The molecule has 56 heavy (non-hydrogen) atoms. The highest BCUT2D eigenvalue weighted by atomic mass is 15.0. The summed E-state index contributed by atoms with van der Waals surface area (Å²) < 4.78 is 2.44. The van der Waals surface area contributed by atoms with E-state index in [0.717, 1.165) is 12.1 Å². The Morgan fingerprint density at radius 2 is 0.696 bits per heavy atom. The van der Waals surface area contributed by atoms with Crippen LogP contribution in [0.2, 0.25) is 0 Å². The van der Waals surface area contributed by atoms with Crippen molar-refractivity contribution in [1.82, 2.24) is 4.57 Å². The maximum Gasteiger partial charge on any atom is 0.0541 e. The molecule has 0 unspecified atom stereocenters. The van der Waals surface area contributed by atoms with Crippen LogP contribution in [0.25, 0.3) is 94.3 Å². The maximum atomic E-state index is 2.44. The molecule has 1 heteroatoms. The number of nitrogens with zero attached hydrogens (tertiary/aromatic N) is 1. The van der Waals surface area contributed by atoms with Crippen LogP contribution in [-0.4, -0.2) is 4.57 Å². The second-order valence-electron chi connectivity index (χ2n) is 14.9. The van der Waals surface area contributed by atoms with Crippen molar-refractivity contribution in [3.8, 4) is 72.4 Å². The number of aromatic nitrogens is 1. The van der Waals surface area contributed by atoms with Gasteiger partial charge in [-0.15, -0.1) is 0 Å². The first-order valence-electron chi connectivity index (χ1n) is 19.5. The van der Waals surface area contributed by atoms with E-state index in [1.54, 1.807) is 0 Å². The fourth-order valence-electron chi connectivity index (χ4n) is 8.95. The molecule has 262 valence electrons. The molecular formula is C55H37N. The average Bonchev–Trinajstić information content (AvgIpc) is 3.82. The Morgan fingerprint density at radius 3 is 1.25 bits per heavy atom. The molecule has 0 fully saturated rings. The van der Waals surface area contributed by atoms with Gasteiger partial charge in [-0.2, -0.15) is 0 Å². The second-order valence-corrected chi connectivity index (χ2v) is 14.9. The Labute approximate surface area is 327 Å². The molecule has 1 aliphatic carbocycles. The van der Waals surface area contributed by atoms with Crippen LogP contribution in [0.5, 0.6) is 0 Å². The van der Waals surface area contributed by atoms with E-state index in [2.05, 4.69) is 217 Å². The minimum Gasteiger partial charge on any atom is -0.309 e. The third-order valence-corrected chi connectivity index (χ3v) is 11.7. The lowest BCUT2D eigenvalue weighted by Crippen LogP contribution is -1.94. The van der Waals surface area contributed by atoms with Gasteiger partial charge in [0.05, 0.1) is 11.0 Å². The van der Waals surface area contributed by atoms with Gasteiger partial charge in [0.25, 0.3) is 0 Å². The number of fused-ring (bicyclic) bond motifs is 6. The normalized spacial score (nSPS) is 11.9. The summed E-state index contributed by atoms with van der Waals surface area (Å²) in [7, 11) is 0. The maximum absolute atomic E-state index is 2.44. The van der Waals surface area contributed by atoms with Gasteiger partial charge in [-0.1, -0.05) is 170 Å². The van der Waals surface area contributed by atoms with Crippen LogP contribution in [0.4, 0.5) is 0 Å². The first-order valence-corrected chi connectivity index (χ1v) is 19.5. The molecule has 1 nitrogen and oxygen atoms in total. The number of hydrogen-bond donors (Lipinski definition) is 0. The molecule has 0 saturated heterocycles. The van der Waals surface area contributed by atoms with Gasteiger partial charge in [0, 0.05) is 16.5 Å². The van der Waals surface area contributed by atoms with Gasteiger partial charge in [-0.05, 0) is 127 Å². The first-order chi connectivity index (χ1) is 27.8. The molecule has 0 amide bonds. The summed E-state index contributed by atoms with van der Waals surface area (Å²) in [6, 6.07) is 77.9. The average molecular weight is 712 g/mol. The Bertz CT molecular complexity index is 2940. The van der Waals surface area contributed by atoms with Gasteiger partial charge < -0.3 is 4.57 Å². The van der Waals surface area contributed by atoms with Crippen LogP contribution in [0, 0.1) is 0 Å². The largest absolute Gasteiger partial charge is 0.309 e. The summed E-state index contributed by atoms with van der Waals surface area (Å²) in [6.45, 7) is 0. The predicted molar refractivity (Wildman–Crippen MR) is 236 cm³/mol. The summed E-state index contributed by atoms with van der Waals surface area (Å²) >= 11 is 0. The smallest absolute Gasteiger partial charge is 0.0541 e. The quantitative estimate of drug-likeness (QED) is 0.162. The molecule has 1 aromatic heterocycles. The Balaban J connectivity index is 1.07. The van der Waals surface area contributed by atoms with E-state index in [1.165, 1.54) is 99.7 Å². The van der Waals surface area contributed by atoms with Crippen molar-refractivity contribution in [1.29, 1.82) is 0 Å². The van der Waals surface area contributed by atoms with Crippen molar-refractivity contribution in [2.24, 2.45) is 0 Å². The summed E-state index contributed by atoms with van der Waals surface area (Å²) in [4.78, 5) is 0. The number of benzene rings is 9. The minimum atomic E-state index is 1.01. The summed E-state index contributed by atoms with van der Waals surface area (Å²) in [5.41, 5.74) is 21.3. The zero-order valence-corrected chi connectivity index (χ0v) is 30.9. The molecule has 0 bridgehead atoms. The van der Waals surface area contributed by atoms with Crippen LogP contribution in [-0.2, 0) is 6.42 Å². The third kappa shape index (κ3) is 5.40. The summed E-state index contributed by atoms with van der Waals surface area (Å²) in [5.74, 6) is 0. The van der Waals surface area contributed by atoms with Crippen LogP contribution < -0.4 is 0 Å². The molecule has 1 aliphatic rings. The SMILES string of the molecule is c1ccc(-c2ccccc2-c2ccc3c(c2)c2cc(-c4ccccc4-c4ccccc4)ccc2n3-c2ccc(-c3ccc4c(c3)-c3ccccc3C4)cc2)cc1. The van der Waals surface area contributed by atoms with Crippen molar-refractivity contribution in [2.75, 3.05) is 0 Å². The first kappa shape index (κ1) is 32.2. The van der Waals surface area contributed by atoms with E-state index in [4.69, 9.17) is 0 Å². The van der Waals surface area contributed by atoms with Gasteiger partial charge in [0.15, 0.2) is 0 Å². The Kier molecular flexibility index (Phi) is 7.64. The van der Waals surface area contributed by atoms with Crippen LogP contribution in [0.1, 0.15) is 11.1 Å². The molecule has 10 aromatic rings. The Morgan fingerprint density at radius 1 is 0.268 bits per heavy atom. The highest BCUT2D eigenvalue weighted by molar-refractivity contribution is 6.12. The van der Waals surface area contributed by atoms with Gasteiger partial charge in [0.1, 0.15) is 0 Å². The standard InChI is InChI=1S/C55H37N/c1-3-13-38(14-4-1)46-18-9-11-20-48(46)43-27-31-54-52(35-43)53-36-44(49-21-12-10-19-47(49)39-15-5-2-6-16-39)28-32-55(53)56(54)45-29-25-37(26-30-45)40-23-24-42-33-41-17-7-8-22-50(41)51(42)34-40/h1-32,34-36H,33H2. The lowest BCUT2D eigenvalue weighted by Gasteiger charge is -2.12. The van der Waals surface area contributed by atoms with Crippen LogP contribution in [0.15, 0.2) is 212 Å². The van der Waals surface area contributed by atoms with Crippen LogP contribution in [0.3, 0.4) is 0 Å². The monoisotopic (exact) mass is 711 g/mol. The number of rotatable bonds is 6. The van der Waals surface area contributed by atoms with Gasteiger partial charge in [0.2, 0.25) is 0 Å². The summed E-state index contributed by atoms with van der Waals surface area (Å²) in [6.07, 6.45) is 1.01.